The van der Waals surface area contributed by atoms with E-state index < -0.39 is 28.0 Å². The number of nitrogens with zero attached hydrogens (tertiary/aromatic N) is 1. The number of carbonyl (C=O) groups excluding carboxylic acids is 2. The van der Waals surface area contributed by atoms with Crippen molar-refractivity contribution in [2.45, 2.75) is 36.8 Å². The molecule has 166 valence electrons. The first kappa shape index (κ1) is 21.7. The van der Waals surface area contributed by atoms with E-state index in [0.29, 0.717) is 11.3 Å². The van der Waals surface area contributed by atoms with Gasteiger partial charge in [-0.15, -0.1) is 0 Å². The third-order valence-electron chi connectivity index (χ3n) is 4.74. The Balaban J connectivity index is 1.51. The average molecular weight is 455 g/mol. The van der Waals surface area contributed by atoms with Gasteiger partial charge in [0, 0.05) is 17.7 Å². The Labute approximate surface area is 184 Å². The van der Waals surface area contributed by atoms with E-state index in [9.17, 15) is 18.0 Å². The number of hydrogen-bond acceptors (Lipinski definition) is 7. The molecule has 4 rings (SSSR count). The second-order valence-corrected chi connectivity index (χ2v) is 9.14. The minimum absolute atomic E-state index is 0.0247. The highest BCUT2D eigenvalue weighted by atomic mass is 32.2. The summed E-state index contributed by atoms with van der Waals surface area (Å²) in [6.45, 7) is 1.68. The lowest BCUT2D eigenvalue weighted by molar-refractivity contribution is -0.125. The maximum absolute atomic E-state index is 12.8. The van der Waals surface area contributed by atoms with Gasteiger partial charge in [-0.1, -0.05) is 35.5 Å². The van der Waals surface area contributed by atoms with E-state index in [-0.39, 0.29) is 22.3 Å². The molecule has 1 aromatic heterocycles. The molecule has 2 N–H and O–H groups in total. The van der Waals surface area contributed by atoms with Crippen LogP contribution in [0.2, 0.25) is 0 Å². The maximum atomic E-state index is 12.8. The molecule has 0 aliphatic heterocycles. The molecule has 0 unspecified atom stereocenters. The molecular formula is C22H21N3O6S. The van der Waals surface area contributed by atoms with E-state index in [4.69, 9.17) is 9.26 Å². The third-order valence-corrected chi connectivity index (χ3v) is 6.28. The fourth-order valence-corrected chi connectivity index (χ4v) is 4.26. The van der Waals surface area contributed by atoms with E-state index in [2.05, 4.69) is 15.2 Å². The lowest BCUT2D eigenvalue weighted by atomic mass is 10.1. The Kier molecular flexibility index (Phi) is 6.06. The van der Waals surface area contributed by atoms with Crippen LogP contribution in [0.4, 0.5) is 5.82 Å². The Hall–Kier alpha value is -3.50. The number of esters is 1. The molecule has 1 heterocycles. The van der Waals surface area contributed by atoms with Gasteiger partial charge in [-0.2, -0.15) is 0 Å². The van der Waals surface area contributed by atoms with Crippen molar-refractivity contribution in [2.24, 2.45) is 0 Å². The lowest BCUT2D eigenvalue weighted by Crippen LogP contribution is -2.26. The normalized spacial score (nSPS) is 14.5. The Bertz CT molecular complexity index is 1220. The molecule has 3 aromatic rings. The van der Waals surface area contributed by atoms with Crippen molar-refractivity contribution < 1.29 is 27.3 Å². The summed E-state index contributed by atoms with van der Waals surface area (Å²) >= 11 is 0. The number of nitrogens with one attached hydrogen (secondary N) is 2. The summed E-state index contributed by atoms with van der Waals surface area (Å²) in [4.78, 5) is 25.6. The second-order valence-electron chi connectivity index (χ2n) is 7.43. The van der Waals surface area contributed by atoms with Crippen LogP contribution in [0.1, 0.15) is 40.6 Å². The van der Waals surface area contributed by atoms with Gasteiger partial charge < -0.3 is 14.6 Å². The number of aryl methyl sites for hydroxylation is 1. The molecule has 1 atom stereocenters. The summed E-state index contributed by atoms with van der Waals surface area (Å²) < 4.78 is 37.6. The van der Waals surface area contributed by atoms with E-state index in [0.717, 1.165) is 12.8 Å². The molecule has 0 saturated heterocycles. The number of hydrogen-bond donors (Lipinski definition) is 2. The van der Waals surface area contributed by atoms with E-state index in [1.54, 1.807) is 37.3 Å². The molecular weight excluding hydrogens is 434 g/mol. The predicted molar refractivity (Wildman–Crippen MR) is 114 cm³/mol. The zero-order chi connectivity index (χ0) is 22.7. The number of sulfonamides is 1. The Morgan fingerprint density at radius 1 is 1.09 bits per heavy atom. The van der Waals surface area contributed by atoms with Gasteiger partial charge in [-0.3, -0.25) is 4.79 Å². The molecule has 1 aliphatic carbocycles. The van der Waals surface area contributed by atoms with Gasteiger partial charge in [0.2, 0.25) is 16.1 Å². The van der Waals surface area contributed by atoms with Gasteiger partial charge in [-0.05, 0) is 44.0 Å². The maximum Gasteiger partial charge on any atom is 0.339 e. The second kappa shape index (κ2) is 8.93. The van der Waals surface area contributed by atoms with Crippen LogP contribution in [0.3, 0.4) is 0 Å². The van der Waals surface area contributed by atoms with Crippen LogP contribution in [-0.2, 0) is 19.6 Å². The van der Waals surface area contributed by atoms with Crippen LogP contribution in [0.25, 0.3) is 0 Å². The van der Waals surface area contributed by atoms with Crippen molar-refractivity contribution in [1.82, 2.24) is 9.88 Å². The summed E-state index contributed by atoms with van der Waals surface area (Å²) in [5.41, 5.74) is 0.577. The molecule has 1 amide bonds. The first-order valence-electron chi connectivity index (χ1n) is 9.94. The number of amides is 1. The zero-order valence-corrected chi connectivity index (χ0v) is 18.0. The van der Waals surface area contributed by atoms with Crippen molar-refractivity contribution in [3.8, 4) is 0 Å². The molecule has 9 nitrogen and oxygen atoms in total. The van der Waals surface area contributed by atoms with Gasteiger partial charge in [0.1, 0.15) is 5.76 Å². The summed E-state index contributed by atoms with van der Waals surface area (Å²) in [6.07, 6.45) is 0.390. The van der Waals surface area contributed by atoms with Gasteiger partial charge in [0.25, 0.3) is 5.91 Å². The van der Waals surface area contributed by atoms with Gasteiger partial charge in [0.05, 0.1) is 10.5 Å². The van der Waals surface area contributed by atoms with Crippen molar-refractivity contribution in [3.63, 3.8) is 0 Å². The number of benzene rings is 2. The molecule has 32 heavy (non-hydrogen) atoms. The molecule has 0 bridgehead atoms. The summed E-state index contributed by atoms with van der Waals surface area (Å²) in [5.74, 6) is -0.669. The largest absolute Gasteiger partial charge is 0.444 e. The van der Waals surface area contributed by atoms with E-state index >= 15 is 0 Å². The monoisotopic (exact) mass is 455 g/mol. The quantitative estimate of drug-likeness (QED) is 0.500. The number of rotatable bonds is 8. The number of ether oxygens (including phenoxy) is 1. The van der Waals surface area contributed by atoms with Crippen LogP contribution < -0.4 is 10.0 Å². The molecule has 10 heteroatoms. The zero-order valence-electron chi connectivity index (χ0n) is 17.1. The van der Waals surface area contributed by atoms with Crippen LogP contribution in [0, 0.1) is 6.92 Å². The van der Waals surface area contributed by atoms with Crippen LogP contribution in [0.5, 0.6) is 0 Å². The minimum Gasteiger partial charge on any atom is -0.444 e. The molecule has 0 radical (unpaired) electrons. The molecule has 1 saturated carbocycles. The van der Waals surface area contributed by atoms with E-state index in [1.165, 1.54) is 30.3 Å². The highest BCUT2D eigenvalue weighted by molar-refractivity contribution is 7.89. The van der Waals surface area contributed by atoms with Crippen molar-refractivity contribution in [2.75, 3.05) is 5.32 Å². The van der Waals surface area contributed by atoms with Gasteiger partial charge >= 0.3 is 5.97 Å². The molecule has 0 spiro atoms. The van der Waals surface area contributed by atoms with Crippen LogP contribution in [-0.4, -0.2) is 31.5 Å². The fraction of sp³-hybridized carbons (Fsp3) is 0.227. The van der Waals surface area contributed by atoms with Gasteiger partial charge in [0.15, 0.2) is 5.82 Å². The van der Waals surface area contributed by atoms with Crippen LogP contribution in [0.15, 0.2) is 70.1 Å². The summed E-state index contributed by atoms with van der Waals surface area (Å²) in [5, 5.41) is 6.28. The standard InChI is InChI=1S/C22H21N3O6S/c1-14-13-19(24-31-14)23-21(26)20(15-5-3-2-4-6-15)30-22(27)16-7-11-18(12-8-16)32(28,29)25-17-9-10-17/h2-8,11-13,17,20,25H,9-10H2,1H3,(H,23,24,26)/t20-/m0/s1. The van der Waals surface area contributed by atoms with Crippen molar-refractivity contribution >= 4 is 27.7 Å². The SMILES string of the molecule is Cc1cc(NC(=O)[C@@H](OC(=O)c2ccc(S(=O)(=O)NC3CC3)cc2)c2ccccc2)no1. The fourth-order valence-electron chi connectivity index (χ4n) is 2.95. The Morgan fingerprint density at radius 2 is 1.78 bits per heavy atom. The highest BCUT2D eigenvalue weighted by Crippen LogP contribution is 2.24. The first-order chi connectivity index (χ1) is 15.3. The highest BCUT2D eigenvalue weighted by Gasteiger charge is 2.29. The molecule has 1 aliphatic rings. The molecule has 2 aromatic carbocycles. The minimum atomic E-state index is -3.63. The summed E-state index contributed by atoms with van der Waals surface area (Å²) in [7, 11) is -3.63. The number of aromatic nitrogens is 1. The van der Waals surface area contributed by atoms with Gasteiger partial charge in [-0.25, -0.2) is 17.9 Å². The Morgan fingerprint density at radius 3 is 2.38 bits per heavy atom. The van der Waals surface area contributed by atoms with Crippen molar-refractivity contribution in [1.29, 1.82) is 0 Å². The topological polar surface area (TPSA) is 128 Å². The first-order valence-corrected chi connectivity index (χ1v) is 11.4. The molecule has 1 fully saturated rings. The number of carbonyl (C=O) groups is 2. The van der Waals surface area contributed by atoms with E-state index in [1.807, 2.05) is 0 Å². The average Bonchev–Trinajstić information content (AvgIpc) is 3.50. The number of anilines is 1. The summed E-state index contributed by atoms with van der Waals surface area (Å²) in [6, 6.07) is 15.4. The smallest absolute Gasteiger partial charge is 0.339 e. The van der Waals surface area contributed by atoms with Crippen LogP contribution >= 0.6 is 0 Å². The predicted octanol–water partition coefficient (Wildman–Crippen LogP) is 2.96. The third kappa shape index (κ3) is 5.21. The lowest BCUT2D eigenvalue weighted by Gasteiger charge is -2.17. The van der Waals surface area contributed by atoms with Crippen molar-refractivity contribution in [3.05, 3.63) is 77.6 Å².